The number of aryl methyl sites for hydroxylation is 1. The number of carbonyl (C=O) groups excluding carboxylic acids is 1. The minimum Gasteiger partial charge on any atom is -0.504 e. The summed E-state index contributed by atoms with van der Waals surface area (Å²) in [6.45, 7) is 0.456. The van der Waals surface area contributed by atoms with E-state index < -0.39 is 5.91 Å². The summed E-state index contributed by atoms with van der Waals surface area (Å²) >= 11 is 3.10. The fraction of sp³-hybridized carbons (Fsp3) is 0.158. The van der Waals surface area contributed by atoms with E-state index in [1.54, 1.807) is 0 Å². The third kappa shape index (κ3) is 5.37. The van der Waals surface area contributed by atoms with Gasteiger partial charge in [-0.3, -0.25) is 4.79 Å². The molecule has 25 heavy (non-hydrogen) atoms. The number of nitrogens with one attached hydrogen (secondary N) is 1. The van der Waals surface area contributed by atoms with Crippen LogP contribution in [0.5, 0.6) is 11.5 Å². The standard InChI is InChI=1S/C19H17BrN2O3/c20-16-10-14(11-17(23)18(16)24)9-15(12-21)19(25)22-8-4-7-13-5-2-1-3-6-13/h1-3,5-6,9-11,23-24H,4,7-8H2,(H,22,25)/b15-9+. The summed E-state index contributed by atoms with van der Waals surface area (Å²) in [7, 11) is 0. The summed E-state index contributed by atoms with van der Waals surface area (Å²) in [6, 6.07) is 14.6. The molecule has 0 aromatic heterocycles. The molecule has 0 saturated heterocycles. The number of rotatable bonds is 6. The van der Waals surface area contributed by atoms with Gasteiger partial charge in [-0.2, -0.15) is 5.26 Å². The molecule has 0 aliphatic heterocycles. The normalized spacial score (nSPS) is 11.0. The Morgan fingerprint density at radius 3 is 2.60 bits per heavy atom. The molecule has 0 bridgehead atoms. The number of hydrogen-bond donors (Lipinski definition) is 3. The third-order valence-electron chi connectivity index (χ3n) is 3.51. The minimum atomic E-state index is -0.473. The minimum absolute atomic E-state index is 0.0725. The predicted octanol–water partition coefficient (Wildman–Crippen LogP) is 3.52. The summed E-state index contributed by atoms with van der Waals surface area (Å²) in [5, 5.41) is 31.0. The van der Waals surface area contributed by atoms with Crippen molar-refractivity contribution in [2.75, 3.05) is 6.54 Å². The van der Waals surface area contributed by atoms with Gasteiger partial charge in [0.05, 0.1) is 4.47 Å². The summed E-state index contributed by atoms with van der Waals surface area (Å²) in [4.78, 5) is 12.1. The van der Waals surface area contributed by atoms with Crippen LogP contribution >= 0.6 is 15.9 Å². The van der Waals surface area contributed by atoms with Crippen molar-refractivity contribution in [3.8, 4) is 17.6 Å². The van der Waals surface area contributed by atoms with Crippen LogP contribution in [0.15, 0.2) is 52.5 Å². The Morgan fingerprint density at radius 1 is 1.24 bits per heavy atom. The maximum absolute atomic E-state index is 12.1. The molecule has 0 unspecified atom stereocenters. The zero-order valence-electron chi connectivity index (χ0n) is 13.4. The lowest BCUT2D eigenvalue weighted by Gasteiger charge is -2.06. The first kappa shape index (κ1) is 18.6. The number of carbonyl (C=O) groups is 1. The largest absolute Gasteiger partial charge is 0.504 e. The average molecular weight is 401 g/mol. The molecule has 2 aromatic rings. The molecule has 2 rings (SSSR count). The molecular weight excluding hydrogens is 384 g/mol. The van der Waals surface area contributed by atoms with E-state index >= 15 is 0 Å². The van der Waals surface area contributed by atoms with E-state index in [4.69, 9.17) is 0 Å². The molecule has 1 amide bonds. The fourth-order valence-corrected chi connectivity index (χ4v) is 2.71. The van der Waals surface area contributed by atoms with Gasteiger partial charge in [-0.1, -0.05) is 30.3 Å². The topological polar surface area (TPSA) is 93.3 Å². The van der Waals surface area contributed by atoms with E-state index in [0.29, 0.717) is 12.1 Å². The Hall–Kier alpha value is -2.78. The molecule has 2 aromatic carbocycles. The van der Waals surface area contributed by atoms with Crippen molar-refractivity contribution in [2.45, 2.75) is 12.8 Å². The molecular formula is C19H17BrN2O3. The third-order valence-corrected chi connectivity index (χ3v) is 4.12. The van der Waals surface area contributed by atoms with Crippen molar-refractivity contribution < 1.29 is 15.0 Å². The van der Waals surface area contributed by atoms with Crippen LogP contribution in [0.4, 0.5) is 0 Å². The number of benzene rings is 2. The Balaban J connectivity index is 1.95. The highest BCUT2D eigenvalue weighted by Crippen LogP contribution is 2.34. The first-order valence-electron chi connectivity index (χ1n) is 7.66. The monoisotopic (exact) mass is 400 g/mol. The van der Waals surface area contributed by atoms with Crippen LogP contribution in [0, 0.1) is 11.3 Å². The van der Waals surface area contributed by atoms with Crippen LogP contribution in [0.1, 0.15) is 17.5 Å². The van der Waals surface area contributed by atoms with Crippen LogP contribution in [0.25, 0.3) is 6.08 Å². The Morgan fingerprint density at radius 2 is 1.96 bits per heavy atom. The number of phenolic OH excluding ortho intramolecular Hbond substituents is 2. The molecule has 0 spiro atoms. The summed E-state index contributed by atoms with van der Waals surface area (Å²) in [5.41, 5.74) is 1.55. The highest BCUT2D eigenvalue weighted by molar-refractivity contribution is 9.10. The molecule has 128 valence electrons. The summed E-state index contributed by atoms with van der Waals surface area (Å²) in [6.07, 6.45) is 2.96. The van der Waals surface area contributed by atoms with Gasteiger partial charge < -0.3 is 15.5 Å². The van der Waals surface area contributed by atoms with Gasteiger partial charge in [-0.25, -0.2) is 0 Å². The number of nitriles is 1. The number of halogens is 1. The molecule has 0 radical (unpaired) electrons. The van der Waals surface area contributed by atoms with Gasteiger partial charge in [-0.15, -0.1) is 0 Å². The van der Waals surface area contributed by atoms with Crippen LogP contribution < -0.4 is 5.32 Å². The molecule has 0 saturated carbocycles. The van der Waals surface area contributed by atoms with Crippen LogP contribution in [-0.4, -0.2) is 22.7 Å². The molecule has 0 aliphatic rings. The quantitative estimate of drug-likeness (QED) is 0.299. The Labute approximate surface area is 154 Å². The van der Waals surface area contributed by atoms with E-state index in [0.717, 1.165) is 12.8 Å². The van der Waals surface area contributed by atoms with Crippen LogP contribution in [0.3, 0.4) is 0 Å². The van der Waals surface area contributed by atoms with Crippen LogP contribution in [0.2, 0.25) is 0 Å². The lowest BCUT2D eigenvalue weighted by molar-refractivity contribution is -0.117. The Kier molecular flexibility index (Phi) is 6.61. The lowest BCUT2D eigenvalue weighted by Crippen LogP contribution is -2.25. The predicted molar refractivity (Wildman–Crippen MR) is 98.8 cm³/mol. The van der Waals surface area contributed by atoms with Crippen LogP contribution in [-0.2, 0) is 11.2 Å². The molecule has 3 N–H and O–H groups in total. The van der Waals surface area contributed by atoms with E-state index in [1.807, 2.05) is 36.4 Å². The van der Waals surface area contributed by atoms with Crippen molar-refractivity contribution in [1.82, 2.24) is 5.32 Å². The van der Waals surface area contributed by atoms with Crippen molar-refractivity contribution in [2.24, 2.45) is 0 Å². The number of amides is 1. The van der Waals surface area contributed by atoms with Crippen molar-refractivity contribution in [3.05, 3.63) is 63.6 Å². The summed E-state index contributed by atoms with van der Waals surface area (Å²) < 4.78 is 0.277. The first-order valence-corrected chi connectivity index (χ1v) is 8.46. The van der Waals surface area contributed by atoms with Gasteiger partial charge in [0.25, 0.3) is 5.91 Å². The molecule has 0 aliphatic carbocycles. The van der Waals surface area contributed by atoms with Crippen molar-refractivity contribution in [1.29, 1.82) is 5.26 Å². The number of nitrogens with zero attached hydrogens (tertiary/aromatic N) is 1. The van der Waals surface area contributed by atoms with E-state index in [-0.39, 0.29) is 21.5 Å². The number of phenols is 2. The SMILES string of the molecule is N#C/C(=C\c1cc(O)c(O)c(Br)c1)C(=O)NCCCc1ccccc1. The van der Waals surface area contributed by atoms with Gasteiger partial charge in [-0.05, 0) is 58.1 Å². The number of aromatic hydroxyl groups is 2. The van der Waals surface area contributed by atoms with Gasteiger partial charge >= 0.3 is 0 Å². The molecule has 0 fully saturated rings. The lowest BCUT2D eigenvalue weighted by atomic mass is 10.1. The smallest absolute Gasteiger partial charge is 0.261 e. The fourth-order valence-electron chi connectivity index (χ4n) is 2.24. The van der Waals surface area contributed by atoms with Crippen molar-refractivity contribution >= 4 is 27.9 Å². The highest BCUT2D eigenvalue weighted by Gasteiger charge is 2.11. The number of hydrogen-bond acceptors (Lipinski definition) is 4. The van der Waals surface area contributed by atoms with Gasteiger partial charge in [0, 0.05) is 6.54 Å². The molecule has 6 heteroatoms. The maximum Gasteiger partial charge on any atom is 0.261 e. The van der Waals surface area contributed by atoms with E-state index in [1.165, 1.54) is 23.8 Å². The Bertz CT molecular complexity index is 803. The average Bonchev–Trinajstić information content (AvgIpc) is 2.61. The van der Waals surface area contributed by atoms with Gasteiger partial charge in [0.15, 0.2) is 11.5 Å². The van der Waals surface area contributed by atoms with Gasteiger partial charge in [0.2, 0.25) is 0 Å². The molecule has 5 nitrogen and oxygen atoms in total. The highest BCUT2D eigenvalue weighted by atomic mass is 79.9. The molecule has 0 atom stereocenters. The second kappa shape index (κ2) is 8.90. The maximum atomic E-state index is 12.1. The first-order chi connectivity index (χ1) is 12.0. The van der Waals surface area contributed by atoms with Gasteiger partial charge in [0.1, 0.15) is 11.6 Å². The second-order valence-electron chi connectivity index (χ2n) is 5.39. The zero-order valence-corrected chi connectivity index (χ0v) is 15.0. The van der Waals surface area contributed by atoms with E-state index in [2.05, 4.69) is 21.2 Å². The molecule has 0 heterocycles. The second-order valence-corrected chi connectivity index (χ2v) is 6.24. The zero-order chi connectivity index (χ0) is 18.2. The van der Waals surface area contributed by atoms with E-state index in [9.17, 15) is 20.3 Å². The summed E-state index contributed by atoms with van der Waals surface area (Å²) in [5.74, 6) is -1.10. The van der Waals surface area contributed by atoms with Crippen molar-refractivity contribution in [3.63, 3.8) is 0 Å².